The molecule has 6 nitrogen and oxygen atoms in total. The molecule has 0 bridgehead atoms. The molecule has 3 rings (SSSR count). The van der Waals surface area contributed by atoms with Crippen molar-refractivity contribution in [2.45, 2.75) is 19.3 Å². The van der Waals surface area contributed by atoms with Crippen LogP contribution in [0.15, 0.2) is 72.1 Å². The van der Waals surface area contributed by atoms with Crippen LogP contribution in [0.1, 0.15) is 26.4 Å². The lowest BCUT2D eigenvalue weighted by Gasteiger charge is -2.10. The molecule has 2 N–H and O–H groups in total. The summed E-state index contributed by atoms with van der Waals surface area (Å²) in [5, 5.41) is 6.74. The quantitative estimate of drug-likeness (QED) is 0.500. The van der Waals surface area contributed by atoms with Crippen LogP contribution in [0.3, 0.4) is 0 Å². The number of imide groups is 1. The third kappa shape index (κ3) is 7.38. The van der Waals surface area contributed by atoms with Gasteiger partial charge < -0.3 is 10.1 Å². The summed E-state index contributed by atoms with van der Waals surface area (Å²) < 4.78 is 5.12. The average Bonchev–Trinajstić information content (AvgIpc) is 3.30. The second-order valence-corrected chi connectivity index (χ2v) is 7.88. The topological polar surface area (TPSA) is 84.5 Å². The van der Waals surface area contributed by atoms with E-state index in [0.717, 1.165) is 16.9 Å². The zero-order valence-corrected chi connectivity index (χ0v) is 17.8. The van der Waals surface area contributed by atoms with E-state index in [2.05, 4.69) is 10.6 Å². The normalized spacial score (nSPS) is 10.3. The Morgan fingerprint density at radius 3 is 2.39 bits per heavy atom. The number of urea groups is 1. The highest BCUT2D eigenvalue weighted by Crippen LogP contribution is 2.14. The van der Waals surface area contributed by atoms with Crippen LogP contribution in [-0.2, 0) is 28.8 Å². The highest BCUT2D eigenvalue weighted by atomic mass is 32.1. The van der Waals surface area contributed by atoms with Crippen LogP contribution in [0, 0.1) is 0 Å². The molecule has 0 atom stereocenters. The van der Waals surface area contributed by atoms with Crippen molar-refractivity contribution in [3.63, 3.8) is 0 Å². The van der Waals surface area contributed by atoms with E-state index in [1.165, 1.54) is 5.56 Å². The maximum absolute atomic E-state index is 12.5. The summed E-state index contributed by atoms with van der Waals surface area (Å²) in [5.74, 6) is -1.26. The molecule has 0 aliphatic carbocycles. The standard InChI is InChI=1S/C24H24N2O4S/c27-22(26-24(29)25-15-14-20-10-6-16-31-20)17-30-23(28)21-11-5-4-9-19(21)13-12-18-7-2-1-3-8-18/h1-11,16H,12-15,17H2,(H2,25,26,27,29). The number of hydrogen-bond acceptors (Lipinski definition) is 5. The molecule has 7 heteroatoms. The number of hydrogen-bond donors (Lipinski definition) is 2. The molecule has 2 aromatic carbocycles. The van der Waals surface area contributed by atoms with Crippen molar-refractivity contribution in [2.24, 2.45) is 0 Å². The molecule has 3 aromatic rings. The molecular weight excluding hydrogens is 412 g/mol. The van der Waals surface area contributed by atoms with Crippen molar-refractivity contribution in [3.05, 3.63) is 93.7 Å². The van der Waals surface area contributed by atoms with Crippen LogP contribution in [0.4, 0.5) is 4.79 Å². The fraction of sp³-hybridized carbons (Fsp3) is 0.208. The van der Waals surface area contributed by atoms with Gasteiger partial charge in [0, 0.05) is 11.4 Å². The lowest BCUT2D eigenvalue weighted by Crippen LogP contribution is -2.42. The summed E-state index contributed by atoms with van der Waals surface area (Å²) >= 11 is 1.60. The van der Waals surface area contributed by atoms with Gasteiger partial charge in [0.15, 0.2) is 6.61 Å². The summed E-state index contributed by atoms with van der Waals surface area (Å²) in [4.78, 5) is 37.3. The Hall–Kier alpha value is -3.45. The number of carbonyl (C=O) groups is 3. The van der Waals surface area contributed by atoms with E-state index >= 15 is 0 Å². The minimum Gasteiger partial charge on any atom is -0.452 e. The zero-order chi connectivity index (χ0) is 21.9. The maximum Gasteiger partial charge on any atom is 0.338 e. The highest BCUT2D eigenvalue weighted by Gasteiger charge is 2.15. The van der Waals surface area contributed by atoms with Crippen LogP contribution in [0.25, 0.3) is 0 Å². The van der Waals surface area contributed by atoms with E-state index in [9.17, 15) is 14.4 Å². The number of amides is 3. The Balaban J connectivity index is 1.43. The third-order valence-electron chi connectivity index (χ3n) is 4.59. The van der Waals surface area contributed by atoms with E-state index < -0.39 is 24.5 Å². The Morgan fingerprint density at radius 2 is 1.61 bits per heavy atom. The summed E-state index contributed by atoms with van der Waals surface area (Å²) in [6.07, 6.45) is 2.15. The lowest BCUT2D eigenvalue weighted by molar-refractivity contribution is -0.123. The van der Waals surface area contributed by atoms with Gasteiger partial charge in [-0.2, -0.15) is 0 Å². The molecule has 1 heterocycles. The Labute approximate surface area is 185 Å². The van der Waals surface area contributed by atoms with Crippen LogP contribution >= 0.6 is 11.3 Å². The minimum atomic E-state index is -0.677. The van der Waals surface area contributed by atoms with Gasteiger partial charge in [0.25, 0.3) is 5.91 Å². The first-order valence-electron chi connectivity index (χ1n) is 10.0. The van der Waals surface area contributed by atoms with E-state index in [1.54, 1.807) is 23.5 Å². The molecule has 0 radical (unpaired) electrons. The molecule has 0 spiro atoms. The van der Waals surface area contributed by atoms with E-state index in [-0.39, 0.29) is 0 Å². The first-order valence-corrected chi connectivity index (χ1v) is 10.9. The number of rotatable bonds is 9. The van der Waals surface area contributed by atoms with Gasteiger partial charge in [-0.1, -0.05) is 54.6 Å². The number of ether oxygens (including phenoxy) is 1. The molecule has 0 unspecified atom stereocenters. The van der Waals surface area contributed by atoms with Crippen molar-refractivity contribution in [3.8, 4) is 0 Å². The fourth-order valence-corrected chi connectivity index (χ4v) is 3.74. The third-order valence-corrected chi connectivity index (χ3v) is 5.52. The number of thiophene rings is 1. The predicted octanol–water partition coefficient (Wildman–Crippen LogP) is 3.76. The first-order chi connectivity index (χ1) is 15.1. The molecule has 0 saturated carbocycles. The van der Waals surface area contributed by atoms with Gasteiger partial charge in [-0.05, 0) is 47.9 Å². The number of benzene rings is 2. The Bertz CT molecular complexity index is 1000. The number of carbonyl (C=O) groups excluding carboxylic acids is 3. The average molecular weight is 437 g/mol. The second kappa shape index (κ2) is 11.7. The van der Waals surface area contributed by atoms with Crippen LogP contribution in [0.5, 0.6) is 0 Å². The van der Waals surface area contributed by atoms with Gasteiger partial charge in [-0.3, -0.25) is 10.1 Å². The fourth-order valence-electron chi connectivity index (χ4n) is 3.03. The zero-order valence-electron chi connectivity index (χ0n) is 17.0. The summed E-state index contributed by atoms with van der Waals surface area (Å²) in [5.41, 5.74) is 2.45. The second-order valence-electron chi connectivity index (χ2n) is 6.85. The molecule has 0 aliphatic rings. The van der Waals surface area contributed by atoms with E-state index in [4.69, 9.17) is 4.74 Å². The van der Waals surface area contributed by atoms with Crippen molar-refractivity contribution in [1.82, 2.24) is 10.6 Å². The number of esters is 1. The minimum absolute atomic E-state index is 0.411. The predicted molar refractivity (Wildman–Crippen MR) is 120 cm³/mol. The van der Waals surface area contributed by atoms with Gasteiger partial charge >= 0.3 is 12.0 Å². The van der Waals surface area contributed by atoms with Gasteiger partial charge in [-0.25, -0.2) is 9.59 Å². The van der Waals surface area contributed by atoms with Crippen LogP contribution < -0.4 is 10.6 Å². The first kappa shape index (κ1) is 22.2. The largest absolute Gasteiger partial charge is 0.452 e. The van der Waals surface area contributed by atoms with Crippen LogP contribution in [-0.4, -0.2) is 31.1 Å². The van der Waals surface area contributed by atoms with Crippen molar-refractivity contribution >= 4 is 29.2 Å². The van der Waals surface area contributed by atoms with E-state index in [1.807, 2.05) is 60.0 Å². The molecular formula is C24H24N2O4S. The van der Waals surface area contributed by atoms with Gasteiger partial charge in [-0.15, -0.1) is 11.3 Å². The lowest BCUT2D eigenvalue weighted by atomic mass is 10.00. The summed E-state index contributed by atoms with van der Waals surface area (Å²) in [6, 6.07) is 20.5. The SMILES string of the molecule is O=C(COC(=O)c1ccccc1CCc1ccccc1)NC(=O)NCCc1cccs1. The Kier molecular flexibility index (Phi) is 8.37. The summed E-state index contributed by atoms with van der Waals surface area (Å²) in [7, 11) is 0. The van der Waals surface area contributed by atoms with Gasteiger partial charge in [0.1, 0.15) is 0 Å². The monoisotopic (exact) mass is 436 g/mol. The van der Waals surface area contributed by atoms with Gasteiger partial charge in [0.05, 0.1) is 5.56 Å². The number of aryl methyl sites for hydroxylation is 2. The Morgan fingerprint density at radius 1 is 0.839 bits per heavy atom. The number of nitrogens with one attached hydrogen (secondary N) is 2. The van der Waals surface area contributed by atoms with Crippen molar-refractivity contribution in [1.29, 1.82) is 0 Å². The molecule has 1 aromatic heterocycles. The molecule has 3 amide bonds. The van der Waals surface area contributed by atoms with Gasteiger partial charge in [0.2, 0.25) is 0 Å². The maximum atomic E-state index is 12.5. The molecule has 0 saturated heterocycles. The molecule has 31 heavy (non-hydrogen) atoms. The van der Waals surface area contributed by atoms with E-state index in [0.29, 0.717) is 24.9 Å². The molecule has 160 valence electrons. The summed E-state index contributed by atoms with van der Waals surface area (Å²) in [6.45, 7) is -0.113. The highest BCUT2D eigenvalue weighted by molar-refractivity contribution is 7.09. The molecule has 0 fully saturated rings. The van der Waals surface area contributed by atoms with Crippen LogP contribution in [0.2, 0.25) is 0 Å². The smallest absolute Gasteiger partial charge is 0.338 e. The molecule has 0 aliphatic heterocycles. The van der Waals surface area contributed by atoms with Crippen molar-refractivity contribution < 1.29 is 19.1 Å². The van der Waals surface area contributed by atoms with Crippen molar-refractivity contribution in [2.75, 3.05) is 13.2 Å².